The van der Waals surface area contributed by atoms with Crippen LogP contribution in [0.25, 0.3) is 11.3 Å². The summed E-state index contributed by atoms with van der Waals surface area (Å²) in [6, 6.07) is 10.9. The molecule has 2 aromatic carbocycles. The highest BCUT2D eigenvalue weighted by Gasteiger charge is 2.16. The lowest BCUT2D eigenvalue weighted by molar-refractivity contribution is 0.174. The van der Waals surface area contributed by atoms with Crippen molar-refractivity contribution in [3.63, 3.8) is 0 Å². The second kappa shape index (κ2) is 10.3. The first kappa shape index (κ1) is 22.5. The molecule has 168 valence electrons. The van der Waals surface area contributed by atoms with Crippen LogP contribution < -0.4 is 24.9 Å². The molecule has 0 fully saturated rings. The average molecular weight is 493 g/mol. The summed E-state index contributed by atoms with van der Waals surface area (Å²) in [5.74, 6) is 1.46. The fourth-order valence-corrected chi connectivity index (χ4v) is 4.66. The maximum absolute atomic E-state index is 11.7. The SMILES string of the molecule is CCNC(=O)NCCCn1c(-c2ccc3c(c2)OCO3)cs/c1=N\c1ccc(Cl)cc1Cl. The molecular weight excluding hydrogens is 471 g/mol. The van der Waals surface area contributed by atoms with Gasteiger partial charge in [0, 0.05) is 35.6 Å². The van der Waals surface area contributed by atoms with Gasteiger partial charge < -0.3 is 24.7 Å². The van der Waals surface area contributed by atoms with Gasteiger partial charge in [-0.15, -0.1) is 11.3 Å². The summed E-state index contributed by atoms with van der Waals surface area (Å²) in [4.78, 5) is 17.2. The molecule has 0 saturated carbocycles. The van der Waals surface area contributed by atoms with Crippen molar-refractivity contribution < 1.29 is 14.3 Å². The molecule has 0 spiro atoms. The maximum Gasteiger partial charge on any atom is 0.314 e. The Morgan fingerprint density at radius 1 is 1.16 bits per heavy atom. The van der Waals surface area contributed by atoms with Gasteiger partial charge in [0.15, 0.2) is 16.3 Å². The molecule has 2 heterocycles. The fourth-order valence-electron chi connectivity index (χ4n) is 3.26. The molecule has 10 heteroatoms. The highest BCUT2D eigenvalue weighted by molar-refractivity contribution is 7.07. The molecule has 0 bridgehead atoms. The number of rotatable bonds is 7. The lowest BCUT2D eigenvalue weighted by Gasteiger charge is -2.11. The Morgan fingerprint density at radius 2 is 2.00 bits per heavy atom. The Hall–Kier alpha value is -2.68. The number of carbonyl (C=O) groups is 1. The molecule has 4 rings (SSSR count). The lowest BCUT2D eigenvalue weighted by Crippen LogP contribution is -2.36. The van der Waals surface area contributed by atoms with E-state index in [1.807, 2.05) is 25.1 Å². The van der Waals surface area contributed by atoms with Gasteiger partial charge in [-0.05, 0) is 49.7 Å². The van der Waals surface area contributed by atoms with E-state index in [1.54, 1.807) is 18.2 Å². The monoisotopic (exact) mass is 492 g/mol. The summed E-state index contributed by atoms with van der Waals surface area (Å²) in [6.45, 7) is 3.89. The third-order valence-electron chi connectivity index (χ3n) is 4.77. The lowest BCUT2D eigenvalue weighted by atomic mass is 10.1. The van der Waals surface area contributed by atoms with Crippen LogP contribution in [0.3, 0.4) is 0 Å². The molecule has 1 aliphatic rings. The summed E-state index contributed by atoms with van der Waals surface area (Å²) in [6.07, 6.45) is 0.729. The minimum absolute atomic E-state index is 0.170. The number of nitrogens with zero attached hydrogens (tertiary/aromatic N) is 2. The molecule has 0 unspecified atom stereocenters. The van der Waals surface area contributed by atoms with E-state index in [0.717, 1.165) is 34.0 Å². The number of urea groups is 1. The second-order valence-electron chi connectivity index (χ2n) is 6.97. The highest BCUT2D eigenvalue weighted by Crippen LogP contribution is 2.36. The summed E-state index contributed by atoms with van der Waals surface area (Å²) in [7, 11) is 0. The van der Waals surface area contributed by atoms with Crippen molar-refractivity contribution in [1.29, 1.82) is 0 Å². The van der Waals surface area contributed by atoms with E-state index in [0.29, 0.717) is 35.4 Å². The van der Waals surface area contributed by atoms with Crippen LogP contribution >= 0.6 is 34.5 Å². The molecule has 0 saturated heterocycles. The molecule has 0 atom stereocenters. The first-order valence-electron chi connectivity index (χ1n) is 10.1. The van der Waals surface area contributed by atoms with Crippen molar-refractivity contribution in [2.24, 2.45) is 4.99 Å². The Bertz CT molecular complexity index is 1190. The molecule has 3 aromatic rings. The summed E-state index contributed by atoms with van der Waals surface area (Å²) >= 11 is 13.9. The van der Waals surface area contributed by atoms with Crippen LogP contribution in [-0.2, 0) is 6.54 Å². The number of amides is 2. The third-order valence-corrected chi connectivity index (χ3v) is 6.17. The Labute approximate surface area is 199 Å². The largest absolute Gasteiger partial charge is 0.454 e. The number of aromatic nitrogens is 1. The quantitative estimate of drug-likeness (QED) is 0.445. The molecule has 0 radical (unpaired) electrons. The van der Waals surface area contributed by atoms with Crippen LogP contribution in [-0.4, -0.2) is 30.5 Å². The van der Waals surface area contributed by atoms with E-state index in [-0.39, 0.29) is 12.8 Å². The molecule has 0 aliphatic carbocycles. The summed E-state index contributed by atoms with van der Waals surface area (Å²) < 4.78 is 13.1. The topological polar surface area (TPSA) is 76.9 Å². The highest BCUT2D eigenvalue weighted by atomic mass is 35.5. The van der Waals surface area contributed by atoms with E-state index in [1.165, 1.54) is 11.3 Å². The Kier molecular flexibility index (Phi) is 7.24. The Morgan fingerprint density at radius 3 is 2.81 bits per heavy atom. The fraction of sp³-hybridized carbons (Fsp3) is 0.273. The van der Waals surface area contributed by atoms with Crippen LogP contribution in [0.4, 0.5) is 10.5 Å². The van der Waals surface area contributed by atoms with Crippen LogP contribution in [0.1, 0.15) is 13.3 Å². The number of fused-ring (bicyclic) bond motifs is 1. The van der Waals surface area contributed by atoms with Gasteiger partial charge >= 0.3 is 6.03 Å². The standard InChI is InChI=1S/C22H22Cl2N4O3S/c1-2-25-21(29)26-8-3-9-28-18(14-4-7-19-20(10-14)31-13-30-19)12-32-22(28)27-17-6-5-15(23)11-16(17)24/h4-7,10-12H,2-3,8-9,13H2,1H3,(H2,25,26,29)/b27-22-. The van der Waals surface area contributed by atoms with Gasteiger partial charge in [0.2, 0.25) is 6.79 Å². The maximum atomic E-state index is 11.7. The van der Waals surface area contributed by atoms with Gasteiger partial charge in [0.05, 0.1) is 16.4 Å². The van der Waals surface area contributed by atoms with Crippen LogP contribution in [0.2, 0.25) is 10.0 Å². The van der Waals surface area contributed by atoms with Gasteiger partial charge in [-0.1, -0.05) is 23.2 Å². The van der Waals surface area contributed by atoms with Crippen molar-refractivity contribution in [3.8, 4) is 22.8 Å². The van der Waals surface area contributed by atoms with Crippen molar-refractivity contribution >= 4 is 46.3 Å². The van der Waals surface area contributed by atoms with Crippen molar-refractivity contribution in [1.82, 2.24) is 15.2 Å². The molecule has 2 amide bonds. The summed E-state index contributed by atoms with van der Waals surface area (Å²) in [5.41, 5.74) is 2.63. The second-order valence-corrected chi connectivity index (χ2v) is 8.65. The third kappa shape index (κ3) is 5.20. The minimum atomic E-state index is -0.170. The molecule has 1 aliphatic heterocycles. The van der Waals surface area contributed by atoms with E-state index >= 15 is 0 Å². The molecule has 7 nitrogen and oxygen atoms in total. The number of hydrogen-bond acceptors (Lipinski definition) is 5. The predicted octanol–water partition coefficient (Wildman–Crippen LogP) is 5.19. The number of halogens is 2. The first-order valence-corrected chi connectivity index (χ1v) is 11.8. The minimum Gasteiger partial charge on any atom is -0.454 e. The molecule has 2 N–H and O–H groups in total. The number of thiazole rings is 1. The van der Waals surface area contributed by atoms with E-state index in [4.69, 9.17) is 37.7 Å². The van der Waals surface area contributed by atoms with Crippen molar-refractivity contribution in [3.05, 3.63) is 56.6 Å². The van der Waals surface area contributed by atoms with E-state index < -0.39 is 0 Å². The first-order chi connectivity index (χ1) is 15.5. The molecule has 32 heavy (non-hydrogen) atoms. The van der Waals surface area contributed by atoms with Gasteiger partial charge in [0.25, 0.3) is 0 Å². The number of hydrogen-bond donors (Lipinski definition) is 2. The molecular formula is C22H22Cl2N4O3S. The predicted molar refractivity (Wildman–Crippen MR) is 127 cm³/mol. The van der Waals surface area contributed by atoms with Gasteiger partial charge in [0.1, 0.15) is 0 Å². The normalized spacial score (nSPS) is 12.8. The molecule has 1 aromatic heterocycles. The zero-order valence-electron chi connectivity index (χ0n) is 17.4. The van der Waals surface area contributed by atoms with Crippen molar-refractivity contribution in [2.45, 2.75) is 19.9 Å². The van der Waals surface area contributed by atoms with Crippen molar-refractivity contribution in [2.75, 3.05) is 19.9 Å². The number of nitrogens with one attached hydrogen (secondary N) is 2. The van der Waals surface area contributed by atoms with Crippen LogP contribution in [0.5, 0.6) is 11.5 Å². The zero-order valence-corrected chi connectivity index (χ0v) is 19.7. The van der Waals surface area contributed by atoms with Gasteiger partial charge in [-0.2, -0.15) is 0 Å². The number of benzene rings is 2. The Balaban J connectivity index is 1.65. The van der Waals surface area contributed by atoms with E-state index in [9.17, 15) is 4.79 Å². The zero-order chi connectivity index (χ0) is 22.5. The number of carbonyl (C=O) groups excluding carboxylic acids is 1. The van der Waals surface area contributed by atoms with Gasteiger partial charge in [-0.3, -0.25) is 0 Å². The van der Waals surface area contributed by atoms with Gasteiger partial charge in [-0.25, -0.2) is 9.79 Å². The average Bonchev–Trinajstić information content (AvgIpc) is 3.39. The van der Waals surface area contributed by atoms with E-state index in [2.05, 4.69) is 20.6 Å². The van der Waals surface area contributed by atoms with Crippen LogP contribution in [0, 0.1) is 0 Å². The smallest absolute Gasteiger partial charge is 0.314 e. The number of ether oxygens (including phenoxy) is 2. The van der Waals surface area contributed by atoms with Crippen LogP contribution in [0.15, 0.2) is 46.8 Å². The summed E-state index contributed by atoms with van der Waals surface area (Å²) in [5, 5.41) is 8.69.